The van der Waals surface area contributed by atoms with Crippen LogP contribution in [0.3, 0.4) is 0 Å². The summed E-state index contributed by atoms with van der Waals surface area (Å²) in [5.74, 6) is 1.86. The number of carbonyl (C=O) groups excluding carboxylic acids is 1. The Morgan fingerprint density at radius 1 is 1.28 bits per heavy atom. The maximum absolute atomic E-state index is 12.5. The zero-order chi connectivity index (χ0) is 17.2. The average molecular weight is 341 g/mol. The van der Waals surface area contributed by atoms with Crippen LogP contribution in [0.2, 0.25) is 0 Å². The minimum atomic E-state index is 0.0737. The minimum Gasteiger partial charge on any atom is -0.378 e. The van der Waals surface area contributed by atoms with E-state index in [0.717, 1.165) is 37.9 Å². The summed E-state index contributed by atoms with van der Waals surface area (Å²) >= 11 is 0. The molecule has 25 heavy (non-hydrogen) atoms. The molecule has 0 N–H and O–H groups in total. The van der Waals surface area contributed by atoms with Crippen LogP contribution < -0.4 is 0 Å². The molecule has 2 fully saturated rings. The Labute approximate surface area is 147 Å². The van der Waals surface area contributed by atoms with Crippen LogP contribution in [0.4, 0.5) is 0 Å². The van der Waals surface area contributed by atoms with E-state index < -0.39 is 0 Å². The summed E-state index contributed by atoms with van der Waals surface area (Å²) < 4.78 is 11.0. The van der Waals surface area contributed by atoms with Crippen LogP contribution in [-0.2, 0) is 9.53 Å². The second kappa shape index (κ2) is 6.96. The molecule has 0 radical (unpaired) electrons. The van der Waals surface area contributed by atoms with Gasteiger partial charge in [0.1, 0.15) is 0 Å². The van der Waals surface area contributed by atoms with Crippen molar-refractivity contribution in [1.29, 1.82) is 0 Å². The molecule has 1 aliphatic carbocycles. The maximum Gasteiger partial charge on any atom is 0.230 e. The Hall–Kier alpha value is -2.21. The van der Waals surface area contributed by atoms with Crippen LogP contribution in [-0.4, -0.2) is 46.7 Å². The summed E-state index contributed by atoms with van der Waals surface area (Å²) in [6, 6.07) is 9.83. The van der Waals surface area contributed by atoms with Crippen molar-refractivity contribution in [3.8, 4) is 11.4 Å². The number of benzene rings is 1. The van der Waals surface area contributed by atoms with E-state index in [1.165, 1.54) is 0 Å². The molecule has 2 aromatic rings. The Kier molecular flexibility index (Phi) is 4.53. The number of amides is 1. The van der Waals surface area contributed by atoms with Gasteiger partial charge < -0.3 is 14.2 Å². The fourth-order valence-corrected chi connectivity index (χ4v) is 3.52. The summed E-state index contributed by atoms with van der Waals surface area (Å²) in [6.45, 7) is 4.15. The molecular formula is C19H23N3O3. The van der Waals surface area contributed by atoms with Crippen LogP contribution in [0.25, 0.3) is 11.4 Å². The molecule has 2 atom stereocenters. The smallest absolute Gasteiger partial charge is 0.230 e. The second-order valence-corrected chi connectivity index (χ2v) is 6.76. The van der Waals surface area contributed by atoms with E-state index in [2.05, 4.69) is 10.1 Å². The monoisotopic (exact) mass is 341 g/mol. The SMILES string of the molecule is CCOC1CC1C(=O)N1CCC(c2nc(-c3ccccc3)no2)CC1. The van der Waals surface area contributed by atoms with E-state index in [9.17, 15) is 4.79 Å². The van der Waals surface area contributed by atoms with E-state index in [0.29, 0.717) is 18.3 Å². The summed E-state index contributed by atoms with van der Waals surface area (Å²) in [5.41, 5.74) is 0.959. The number of piperidine rings is 1. The highest BCUT2D eigenvalue weighted by atomic mass is 16.5. The molecule has 0 spiro atoms. The minimum absolute atomic E-state index is 0.0737. The number of likely N-dealkylation sites (tertiary alicyclic amines) is 1. The third-order valence-corrected chi connectivity index (χ3v) is 5.06. The van der Waals surface area contributed by atoms with Crippen LogP contribution in [0.5, 0.6) is 0 Å². The van der Waals surface area contributed by atoms with Crippen molar-refractivity contribution in [1.82, 2.24) is 15.0 Å². The van der Waals surface area contributed by atoms with Gasteiger partial charge in [-0.25, -0.2) is 0 Å². The Bertz CT molecular complexity index is 723. The maximum atomic E-state index is 12.5. The molecule has 2 aliphatic rings. The molecule has 1 saturated carbocycles. The van der Waals surface area contributed by atoms with E-state index in [-0.39, 0.29) is 23.8 Å². The third-order valence-electron chi connectivity index (χ3n) is 5.06. The van der Waals surface area contributed by atoms with Crippen molar-refractivity contribution in [2.45, 2.75) is 38.2 Å². The van der Waals surface area contributed by atoms with E-state index in [1.807, 2.05) is 42.2 Å². The lowest BCUT2D eigenvalue weighted by molar-refractivity contribution is -0.134. The Morgan fingerprint density at radius 3 is 2.76 bits per heavy atom. The number of nitrogens with zero attached hydrogens (tertiary/aromatic N) is 3. The molecule has 6 heteroatoms. The average Bonchev–Trinajstić information content (AvgIpc) is 3.25. The molecule has 1 aromatic heterocycles. The van der Waals surface area contributed by atoms with Crippen LogP contribution in [0.1, 0.15) is 38.0 Å². The van der Waals surface area contributed by atoms with Gasteiger partial charge in [0.05, 0.1) is 12.0 Å². The van der Waals surface area contributed by atoms with Crippen molar-refractivity contribution in [2.75, 3.05) is 19.7 Å². The Morgan fingerprint density at radius 2 is 2.04 bits per heavy atom. The lowest BCUT2D eigenvalue weighted by Gasteiger charge is -2.30. The van der Waals surface area contributed by atoms with Gasteiger partial charge in [-0.3, -0.25) is 4.79 Å². The Balaban J connectivity index is 1.33. The first-order valence-corrected chi connectivity index (χ1v) is 9.05. The molecular weight excluding hydrogens is 318 g/mol. The first kappa shape index (κ1) is 16.3. The largest absolute Gasteiger partial charge is 0.378 e. The molecule has 1 aromatic carbocycles. The molecule has 1 amide bonds. The number of aromatic nitrogens is 2. The van der Waals surface area contributed by atoms with Gasteiger partial charge in [0.15, 0.2) is 0 Å². The van der Waals surface area contributed by atoms with Gasteiger partial charge in [-0.1, -0.05) is 35.5 Å². The zero-order valence-corrected chi connectivity index (χ0v) is 14.4. The number of rotatable bonds is 5. The highest BCUT2D eigenvalue weighted by Gasteiger charge is 2.46. The predicted octanol–water partition coefficient (Wildman–Crippen LogP) is 2.87. The number of hydrogen-bond donors (Lipinski definition) is 0. The quantitative estimate of drug-likeness (QED) is 0.836. The molecule has 6 nitrogen and oxygen atoms in total. The molecule has 4 rings (SSSR count). The molecule has 2 unspecified atom stereocenters. The van der Waals surface area contributed by atoms with Crippen molar-refractivity contribution < 1.29 is 14.1 Å². The summed E-state index contributed by atoms with van der Waals surface area (Å²) in [4.78, 5) is 19.0. The van der Waals surface area contributed by atoms with Gasteiger partial charge in [0.25, 0.3) is 0 Å². The summed E-state index contributed by atoms with van der Waals surface area (Å²) in [7, 11) is 0. The molecule has 0 bridgehead atoms. The fourth-order valence-electron chi connectivity index (χ4n) is 3.52. The van der Waals surface area contributed by atoms with E-state index >= 15 is 0 Å². The standard InChI is InChI=1S/C19H23N3O3/c1-2-24-16-12-15(16)19(23)22-10-8-14(9-11-22)18-20-17(21-25-18)13-6-4-3-5-7-13/h3-7,14-16H,2,8-12H2,1H3. The molecule has 2 heterocycles. The van der Waals surface area contributed by atoms with Gasteiger partial charge in [-0.05, 0) is 26.2 Å². The number of hydrogen-bond acceptors (Lipinski definition) is 5. The topological polar surface area (TPSA) is 68.5 Å². The summed E-state index contributed by atoms with van der Waals surface area (Å²) in [6.07, 6.45) is 2.75. The third kappa shape index (κ3) is 3.44. The van der Waals surface area contributed by atoms with Crippen LogP contribution in [0, 0.1) is 5.92 Å². The van der Waals surface area contributed by atoms with Gasteiger partial charge in [0, 0.05) is 31.2 Å². The van der Waals surface area contributed by atoms with Crippen LogP contribution >= 0.6 is 0 Å². The summed E-state index contributed by atoms with van der Waals surface area (Å²) in [5, 5.41) is 4.10. The highest BCUT2D eigenvalue weighted by molar-refractivity contribution is 5.82. The van der Waals surface area contributed by atoms with Gasteiger partial charge in [0.2, 0.25) is 17.6 Å². The van der Waals surface area contributed by atoms with Gasteiger partial charge in [-0.15, -0.1) is 0 Å². The van der Waals surface area contributed by atoms with Gasteiger partial charge >= 0.3 is 0 Å². The second-order valence-electron chi connectivity index (χ2n) is 6.76. The first-order chi connectivity index (χ1) is 12.3. The first-order valence-electron chi connectivity index (χ1n) is 9.05. The zero-order valence-electron chi connectivity index (χ0n) is 14.4. The molecule has 1 aliphatic heterocycles. The fraction of sp³-hybridized carbons (Fsp3) is 0.526. The lowest BCUT2D eigenvalue weighted by atomic mass is 9.96. The van der Waals surface area contributed by atoms with Crippen LogP contribution in [0.15, 0.2) is 34.9 Å². The number of carbonyl (C=O) groups is 1. The number of ether oxygens (including phenoxy) is 1. The van der Waals surface area contributed by atoms with Crippen molar-refractivity contribution in [3.05, 3.63) is 36.2 Å². The van der Waals surface area contributed by atoms with Gasteiger partial charge in [-0.2, -0.15) is 4.98 Å². The van der Waals surface area contributed by atoms with Crippen molar-refractivity contribution in [3.63, 3.8) is 0 Å². The normalized spacial score (nSPS) is 23.6. The van der Waals surface area contributed by atoms with E-state index in [4.69, 9.17) is 9.26 Å². The highest BCUT2D eigenvalue weighted by Crippen LogP contribution is 2.37. The predicted molar refractivity (Wildman–Crippen MR) is 91.8 cm³/mol. The molecule has 132 valence electrons. The van der Waals surface area contributed by atoms with Crippen molar-refractivity contribution >= 4 is 5.91 Å². The molecule has 1 saturated heterocycles. The van der Waals surface area contributed by atoms with Crippen molar-refractivity contribution in [2.24, 2.45) is 5.92 Å². The van der Waals surface area contributed by atoms with E-state index in [1.54, 1.807) is 0 Å². The lowest BCUT2D eigenvalue weighted by Crippen LogP contribution is -2.39.